The first-order valence-electron chi connectivity index (χ1n) is 7.46. The van der Waals surface area contributed by atoms with Crippen molar-refractivity contribution in [1.29, 1.82) is 0 Å². The lowest BCUT2D eigenvalue weighted by Gasteiger charge is -2.08. The Hall–Kier alpha value is -3.06. The molecule has 1 heterocycles. The second-order valence-electron chi connectivity index (χ2n) is 5.04. The van der Waals surface area contributed by atoms with Gasteiger partial charge in [0, 0.05) is 22.6 Å². The van der Waals surface area contributed by atoms with Crippen LogP contribution < -0.4 is 14.9 Å². The summed E-state index contributed by atoms with van der Waals surface area (Å²) in [5, 5.41) is 16.9. The highest BCUT2D eigenvalue weighted by Crippen LogP contribution is 2.33. The summed E-state index contributed by atoms with van der Waals surface area (Å²) in [5.74, 6) is 0.885. The van der Waals surface area contributed by atoms with E-state index in [2.05, 4.69) is 15.5 Å². The quantitative estimate of drug-likeness (QED) is 0.517. The predicted octanol–water partition coefficient (Wildman–Crippen LogP) is 3.98. The Morgan fingerprint density at radius 1 is 1.16 bits per heavy atom. The first kappa shape index (κ1) is 16.8. The highest BCUT2D eigenvalue weighted by atomic mass is 32.1. The van der Waals surface area contributed by atoms with Crippen LogP contribution in [0.2, 0.25) is 0 Å². The number of benzene rings is 2. The molecule has 0 saturated heterocycles. The summed E-state index contributed by atoms with van der Waals surface area (Å²) in [6, 6.07) is 13.2. The molecule has 3 aromatic rings. The van der Waals surface area contributed by atoms with E-state index in [0.717, 1.165) is 11.3 Å². The van der Waals surface area contributed by atoms with Gasteiger partial charge in [-0.2, -0.15) is 5.10 Å². The zero-order valence-corrected chi connectivity index (χ0v) is 14.6. The van der Waals surface area contributed by atoms with Crippen LogP contribution >= 0.6 is 11.3 Å². The van der Waals surface area contributed by atoms with E-state index in [1.807, 2.05) is 35.7 Å². The summed E-state index contributed by atoms with van der Waals surface area (Å²) < 4.78 is 10.3. The number of anilines is 1. The fourth-order valence-corrected chi connectivity index (χ4v) is 2.87. The van der Waals surface area contributed by atoms with Crippen LogP contribution in [0.15, 0.2) is 52.9 Å². The van der Waals surface area contributed by atoms with Gasteiger partial charge in [0.1, 0.15) is 5.75 Å². The van der Waals surface area contributed by atoms with Crippen LogP contribution in [-0.4, -0.2) is 30.5 Å². The molecule has 0 unspecified atom stereocenters. The Kier molecular flexibility index (Phi) is 5.15. The van der Waals surface area contributed by atoms with Gasteiger partial charge < -0.3 is 14.6 Å². The van der Waals surface area contributed by atoms with Gasteiger partial charge in [-0.3, -0.25) is 5.43 Å². The summed E-state index contributed by atoms with van der Waals surface area (Å²) in [6.45, 7) is 0. The lowest BCUT2D eigenvalue weighted by molar-refractivity contribution is 0.364. The van der Waals surface area contributed by atoms with Crippen molar-refractivity contribution in [2.75, 3.05) is 19.6 Å². The maximum absolute atomic E-state index is 10.1. The van der Waals surface area contributed by atoms with Crippen LogP contribution in [0.5, 0.6) is 17.2 Å². The highest BCUT2D eigenvalue weighted by molar-refractivity contribution is 7.14. The average molecular weight is 355 g/mol. The molecule has 0 fully saturated rings. The minimum absolute atomic E-state index is 0.00189. The molecule has 6 nitrogen and oxygen atoms in total. The van der Waals surface area contributed by atoms with Crippen LogP contribution in [0.3, 0.4) is 0 Å². The van der Waals surface area contributed by atoms with Crippen molar-refractivity contribution in [2.24, 2.45) is 5.10 Å². The monoisotopic (exact) mass is 355 g/mol. The Morgan fingerprint density at radius 3 is 2.68 bits per heavy atom. The van der Waals surface area contributed by atoms with Crippen molar-refractivity contribution >= 4 is 22.7 Å². The van der Waals surface area contributed by atoms with E-state index in [4.69, 9.17) is 9.47 Å². The van der Waals surface area contributed by atoms with Crippen molar-refractivity contribution in [3.05, 3.63) is 53.4 Å². The third kappa shape index (κ3) is 3.89. The molecule has 7 heteroatoms. The fourth-order valence-electron chi connectivity index (χ4n) is 2.20. The molecule has 0 bridgehead atoms. The highest BCUT2D eigenvalue weighted by Gasteiger charge is 2.10. The molecular formula is C18H17N3O3S. The van der Waals surface area contributed by atoms with Crippen molar-refractivity contribution in [2.45, 2.75) is 0 Å². The first-order valence-corrected chi connectivity index (χ1v) is 8.34. The first-order chi connectivity index (χ1) is 12.2. The third-order valence-corrected chi connectivity index (χ3v) is 4.22. The number of methoxy groups -OCH3 is 2. The lowest BCUT2D eigenvalue weighted by Crippen LogP contribution is -1.94. The Morgan fingerprint density at radius 2 is 1.96 bits per heavy atom. The van der Waals surface area contributed by atoms with Gasteiger partial charge in [0.25, 0.3) is 0 Å². The molecule has 0 aliphatic rings. The molecule has 1 aromatic heterocycles. The smallest absolute Gasteiger partial charge is 0.203 e. The molecule has 25 heavy (non-hydrogen) atoms. The van der Waals surface area contributed by atoms with Gasteiger partial charge in [0.05, 0.1) is 26.1 Å². The van der Waals surface area contributed by atoms with Crippen molar-refractivity contribution in [3.63, 3.8) is 0 Å². The van der Waals surface area contributed by atoms with E-state index in [1.54, 1.807) is 19.2 Å². The Balaban J connectivity index is 1.75. The zero-order chi connectivity index (χ0) is 17.6. The van der Waals surface area contributed by atoms with Crippen molar-refractivity contribution < 1.29 is 14.6 Å². The molecule has 2 N–H and O–H groups in total. The minimum Gasteiger partial charge on any atom is -0.504 e. The molecule has 128 valence electrons. The number of hydrogen-bond donors (Lipinski definition) is 2. The summed E-state index contributed by atoms with van der Waals surface area (Å²) >= 11 is 1.45. The number of phenols is 1. The molecule has 3 rings (SSSR count). The largest absolute Gasteiger partial charge is 0.504 e. The van der Waals surface area contributed by atoms with Gasteiger partial charge in [-0.15, -0.1) is 11.3 Å². The SMILES string of the molecule is COc1cc(C=NNc2nc(-c3ccccc3)cs2)c(O)c(OC)c1. The fraction of sp³-hybridized carbons (Fsp3) is 0.111. The van der Waals surface area contributed by atoms with Crippen LogP contribution in [0.1, 0.15) is 5.56 Å². The molecule has 2 aromatic carbocycles. The van der Waals surface area contributed by atoms with Crippen LogP contribution in [0.4, 0.5) is 5.13 Å². The number of hydrazone groups is 1. The molecule has 0 radical (unpaired) electrons. The number of rotatable bonds is 6. The van der Waals surface area contributed by atoms with Crippen molar-refractivity contribution in [1.82, 2.24) is 4.98 Å². The van der Waals surface area contributed by atoms with Crippen LogP contribution in [0, 0.1) is 0 Å². The number of aromatic nitrogens is 1. The number of hydrogen-bond acceptors (Lipinski definition) is 7. The number of thiazole rings is 1. The van der Waals surface area contributed by atoms with Gasteiger partial charge in [-0.1, -0.05) is 30.3 Å². The zero-order valence-electron chi connectivity index (χ0n) is 13.8. The van der Waals surface area contributed by atoms with Crippen molar-refractivity contribution in [3.8, 4) is 28.5 Å². The lowest BCUT2D eigenvalue weighted by atomic mass is 10.2. The summed E-state index contributed by atoms with van der Waals surface area (Å²) in [5.41, 5.74) is 5.28. The molecule has 0 amide bonds. The minimum atomic E-state index is -0.00189. The normalized spacial score (nSPS) is 10.8. The summed E-state index contributed by atoms with van der Waals surface area (Å²) in [4.78, 5) is 4.48. The van der Waals surface area contributed by atoms with Gasteiger partial charge in [-0.25, -0.2) is 4.98 Å². The van der Waals surface area contributed by atoms with Gasteiger partial charge in [0.2, 0.25) is 5.13 Å². The van der Waals surface area contributed by atoms with Crippen LogP contribution in [-0.2, 0) is 0 Å². The molecule has 0 spiro atoms. The number of aromatic hydroxyl groups is 1. The Labute approximate surface area is 149 Å². The van der Waals surface area contributed by atoms with E-state index in [1.165, 1.54) is 24.7 Å². The average Bonchev–Trinajstić information content (AvgIpc) is 3.13. The molecule has 0 atom stereocenters. The van der Waals surface area contributed by atoms with E-state index >= 15 is 0 Å². The van der Waals surface area contributed by atoms with Gasteiger partial charge in [-0.05, 0) is 6.07 Å². The number of nitrogens with zero attached hydrogens (tertiary/aromatic N) is 2. The second kappa shape index (κ2) is 7.67. The predicted molar refractivity (Wildman–Crippen MR) is 100.0 cm³/mol. The maximum atomic E-state index is 10.1. The summed E-state index contributed by atoms with van der Waals surface area (Å²) in [7, 11) is 3.03. The van der Waals surface area contributed by atoms with E-state index < -0.39 is 0 Å². The Bertz CT molecular complexity index is 879. The van der Waals surface area contributed by atoms with E-state index in [-0.39, 0.29) is 5.75 Å². The third-order valence-electron chi connectivity index (χ3n) is 3.47. The van der Waals surface area contributed by atoms with E-state index in [0.29, 0.717) is 22.2 Å². The van der Waals surface area contributed by atoms with Gasteiger partial charge in [0.15, 0.2) is 11.5 Å². The maximum Gasteiger partial charge on any atom is 0.203 e. The molecule has 0 aliphatic heterocycles. The standard InChI is InChI=1S/C18H17N3O3S/c1-23-14-8-13(17(22)16(9-14)24-2)10-19-21-18-20-15(11-25-18)12-6-4-3-5-7-12/h3-11,22H,1-2H3,(H,20,21). The van der Waals surface area contributed by atoms with Gasteiger partial charge >= 0.3 is 0 Å². The van der Waals surface area contributed by atoms with E-state index in [9.17, 15) is 5.11 Å². The number of phenolic OH excluding ortho intramolecular Hbond substituents is 1. The second-order valence-corrected chi connectivity index (χ2v) is 5.90. The van der Waals surface area contributed by atoms with Crippen LogP contribution in [0.25, 0.3) is 11.3 Å². The molecular weight excluding hydrogens is 338 g/mol. The number of ether oxygens (including phenoxy) is 2. The number of nitrogens with one attached hydrogen (secondary N) is 1. The topological polar surface area (TPSA) is 76.0 Å². The molecule has 0 saturated carbocycles. The summed E-state index contributed by atoms with van der Waals surface area (Å²) in [6.07, 6.45) is 1.49. The molecule has 0 aliphatic carbocycles.